The number of halogens is 1. The molecule has 0 unspecified atom stereocenters. The molecule has 1 heterocycles. The Hall–Kier alpha value is -2.25. The number of rotatable bonds is 4. The predicted octanol–water partition coefficient (Wildman–Crippen LogP) is 4.05. The molecule has 1 N–H and O–H groups in total. The number of nitrogens with one attached hydrogen (secondary N) is 1. The molecule has 1 aliphatic heterocycles. The number of piperidine rings is 1. The Morgan fingerprint density at radius 1 is 1.11 bits per heavy atom. The number of hydrogen-bond donors (Lipinski definition) is 1. The van der Waals surface area contributed by atoms with E-state index in [4.69, 9.17) is 0 Å². The van der Waals surface area contributed by atoms with Crippen LogP contribution in [0.2, 0.25) is 0 Å². The van der Waals surface area contributed by atoms with Crippen molar-refractivity contribution in [3.8, 4) is 0 Å². The molecule has 28 heavy (non-hydrogen) atoms. The maximum atomic E-state index is 14.3. The van der Waals surface area contributed by atoms with Crippen molar-refractivity contribution in [2.45, 2.75) is 32.1 Å². The molecule has 0 saturated carbocycles. The summed E-state index contributed by atoms with van der Waals surface area (Å²) in [6.45, 7) is 6.76. The molecular formula is C21H25FN2O3S. The van der Waals surface area contributed by atoms with E-state index in [0.29, 0.717) is 18.8 Å². The predicted molar refractivity (Wildman–Crippen MR) is 107 cm³/mol. The molecule has 150 valence electrons. The second-order valence-corrected chi connectivity index (χ2v) is 9.67. The highest BCUT2D eigenvalue weighted by atomic mass is 32.2. The zero-order chi connectivity index (χ0) is 20.5. The zero-order valence-electron chi connectivity index (χ0n) is 16.3. The molecule has 5 nitrogen and oxygen atoms in total. The molecule has 0 bridgehead atoms. The number of sulfonamides is 1. The number of aryl methyl sites for hydroxylation is 1. The highest BCUT2D eigenvalue weighted by Gasteiger charge is 2.32. The molecule has 3 rings (SSSR count). The van der Waals surface area contributed by atoms with Crippen LogP contribution in [0.15, 0.2) is 47.4 Å². The molecule has 2 atom stereocenters. The lowest BCUT2D eigenvalue weighted by atomic mass is 9.94. The minimum Gasteiger partial charge on any atom is -0.322 e. The van der Waals surface area contributed by atoms with Crippen molar-refractivity contribution >= 4 is 21.6 Å². The van der Waals surface area contributed by atoms with Crippen LogP contribution < -0.4 is 5.32 Å². The van der Waals surface area contributed by atoms with Gasteiger partial charge in [0.2, 0.25) is 10.0 Å². The summed E-state index contributed by atoms with van der Waals surface area (Å²) < 4.78 is 41.8. The van der Waals surface area contributed by atoms with E-state index in [0.717, 1.165) is 24.1 Å². The quantitative estimate of drug-likeness (QED) is 0.836. The fourth-order valence-corrected chi connectivity index (χ4v) is 5.42. The van der Waals surface area contributed by atoms with Gasteiger partial charge < -0.3 is 5.32 Å². The van der Waals surface area contributed by atoms with Crippen LogP contribution in [0.4, 0.5) is 10.1 Å². The molecule has 0 aliphatic carbocycles. The van der Waals surface area contributed by atoms with Crippen molar-refractivity contribution in [1.82, 2.24) is 4.31 Å². The Morgan fingerprint density at radius 3 is 2.43 bits per heavy atom. The Balaban J connectivity index is 1.89. The number of carbonyl (C=O) groups is 1. The minimum absolute atomic E-state index is 0.0652. The maximum absolute atomic E-state index is 14.3. The third kappa shape index (κ3) is 4.42. The van der Waals surface area contributed by atoms with Crippen LogP contribution in [0, 0.1) is 24.6 Å². The second-order valence-electron chi connectivity index (χ2n) is 7.73. The Kier molecular flexibility index (Phi) is 5.86. The van der Waals surface area contributed by atoms with E-state index >= 15 is 0 Å². The highest BCUT2D eigenvalue weighted by molar-refractivity contribution is 7.89. The molecular weight excluding hydrogens is 379 g/mol. The van der Waals surface area contributed by atoms with Crippen LogP contribution in [0.3, 0.4) is 0 Å². The fraction of sp³-hybridized carbons (Fsp3) is 0.381. The van der Waals surface area contributed by atoms with Gasteiger partial charge in [0.1, 0.15) is 5.82 Å². The first-order valence-electron chi connectivity index (χ1n) is 9.34. The number of hydrogen-bond acceptors (Lipinski definition) is 3. The van der Waals surface area contributed by atoms with Crippen molar-refractivity contribution in [3.63, 3.8) is 0 Å². The summed E-state index contributed by atoms with van der Waals surface area (Å²) in [6, 6.07) is 10.5. The largest absolute Gasteiger partial charge is 0.322 e. The molecule has 0 spiro atoms. The van der Waals surface area contributed by atoms with E-state index in [1.165, 1.54) is 10.4 Å². The molecule has 1 amide bonds. The van der Waals surface area contributed by atoms with E-state index in [2.05, 4.69) is 5.32 Å². The second kappa shape index (κ2) is 8.01. The van der Waals surface area contributed by atoms with Gasteiger partial charge in [-0.3, -0.25) is 4.79 Å². The van der Waals surface area contributed by atoms with Crippen molar-refractivity contribution in [2.75, 3.05) is 18.4 Å². The van der Waals surface area contributed by atoms with Crippen molar-refractivity contribution in [1.29, 1.82) is 0 Å². The summed E-state index contributed by atoms with van der Waals surface area (Å²) in [5.74, 6) is -0.934. The normalized spacial score (nSPS) is 20.7. The highest BCUT2D eigenvalue weighted by Crippen LogP contribution is 2.27. The van der Waals surface area contributed by atoms with E-state index in [1.54, 1.807) is 18.2 Å². The third-order valence-electron chi connectivity index (χ3n) is 4.93. The molecule has 2 aromatic rings. The molecule has 1 saturated heterocycles. The smallest absolute Gasteiger partial charge is 0.258 e. The molecule has 1 fully saturated rings. The van der Waals surface area contributed by atoms with E-state index in [9.17, 15) is 17.6 Å². The van der Waals surface area contributed by atoms with Gasteiger partial charge in [0.05, 0.1) is 10.5 Å². The van der Waals surface area contributed by atoms with Gasteiger partial charge in [-0.25, -0.2) is 12.8 Å². The van der Waals surface area contributed by atoms with Gasteiger partial charge in [0.15, 0.2) is 0 Å². The SMILES string of the molecule is Cc1cccc(NC(=O)c2cc(S(=O)(=O)N3C[C@@H](C)C[C@H](C)C3)ccc2F)c1. The lowest BCUT2D eigenvalue weighted by Crippen LogP contribution is -2.42. The van der Waals surface area contributed by atoms with Crippen molar-refractivity contribution < 1.29 is 17.6 Å². The Labute approximate surface area is 165 Å². The first kappa shape index (κ1) is 20.5. The lowest BCUT2D eigenvalue weighted by Gasteiger charge is -2.34. The Bertz CT molecular complexity index is 981. The molecule has 1 aliphatic rings. The van der Waals surface area contributed by atoms with Crippen LogP contribution in [-0.4, -0.2) is 31.7 Å². The topological polar surface area (TPSA) is 66.5 Å². The van der Waals surface area contributed by atoms with Gasteiger partial charge in [-0.2, -0.15) is 4.31 Å². The number of benzene rings is 2. The van der Waals surface area contributed by atoms with Gasteiger partial charge in [-0.1, -0.05) is 26.0 Å². The van der Waals surface area contributed by atoms with Gasteiger partial charge in [-0.05, 0) is 61.1 Å². The first-order valence-corrected chi connectivity index (χ1v) is 10.8. The lowest BCUT2D eigenvalue weighted by molar-refractivity contribution is 0.102. The van der Waals surface area contributed by atoms with E-state index < -0.39 is 21.7 Å². The molecule has 7 heteroatoms. The summed E-state index contributed by atoms with van der Waals surface area (Å²) >= 11 is 0. The van der Waals surface area contributed by atoms with Crippen LogP contribution in [0.5, 0.6) is 0 Å². The molecule has 0 aromatic heterocycles. The van der Waals surface area contributed by atoms with Gasteiger partial charge in [0.25, 0.3) is 5.91 Å². The number of amides is 1. The zero-order valence-corrected chi connectivity index (χ0v) is 17.1. The van der Waals surface area contributed by atoms with Crippen LogP contribution in [0.25, 0.3) is 0 Å². The number of nitrogens with zero attached hydrogens (tertiary/aromatic N) is 1. The molecule has 0 radical (unpaired) electrons. The van der Waals surface area contributed by atoms with Crippen molar-refractivity contribution in [3.05, 3.63) is 59.4 Å². The first-order chi connectivity index (χ1) is 13.2. The average molecular weight is 405 g/mol. The maximum Gasteiger partial charge on any atom is 0.258 e. The van der Waals surface area contributed by atoms with E-state index in [1.807, 2.05) is 26.8 Å². The van der Waals surface area contributed by atoms with Crippen LogP contribution in [-0.2, 0) is 10.0 Å². The summed E-state index contributed by atoms with van der Waals surface area (Å²) in [5.41, 5.74) is 1.18. The summed E-state index contributed by atoms with van der Waals surface area (Å²) in [4.78, 5) is 12.5. The third-order valence-corrected chi connectivity index (χ3v) is 6.76. The van der Waals surface area contributed by atoms with E-state index in [-0.39, 0.29) is 22.3 Å². The van der Waals surface area contributed by atoms with Gasteiger partial charge in [-0.15, -0.1) is 0 Å². The minimum atomic E-state index is -3.79. The number of anilines is 1. The summed E-state index contributed by atoms with van der Waals surface area (Å²) in [7, 11) is -3.79. The summed E-state index contributed by atoms with van der Waals surface area (Å²) in [6.07, 6.45) is 0.972. The van der Waals surface area contributed by atoms with Gasteiger partial charge >= 0.3 is 0 Å². The number of carbonyl (C=O) groups excluding carboxylic acids is 1. The summed E-state index contributed by atoms with van der Waals surface area (Å²) in [5, 5.41) is 2.62. The van der Waals surface area contributed by atoms with Crippen molar-refractivity contribution in [2.24, 2.45) is 11.8 Å². The monoisotopic (exact) mass is 404 g/mol. The standard InChI is InChI=1S/C21H25FN2O3S/c1-14-5-4-6-17(10-14)23-21(25)19-11-18(7-8-20(19)22)28(26,27)24-12-15(2)9-16(3)13-24/h4-8,10-11,15-16H,9,12-13H2,1-3H3,(H,23,25)/t15-,16-/m0/s1. The van der Waals surface area contributed by atoms with Crippen LogP contribution >= 0.6 is 0 Å². The average Bonchev–Trinajstić information content (AvgIpc) is 2.61. The molecule has 2 aromatic carbocycles. The Morgan fingerprint density at radius 2 is 1.79 bits per heavy atom. The van der Waals surface area contributed by atoms with Crippen LogP contribution in [0.1, 0.15) is 36.2 Å². The van der Waals surface area contributed by atoms with Gasteiger partial charge in [0, 0.05) is 18.8 Å². The fourth-order valence-electron chi connectivity index (χ4n) is 3.71.